The lowest BCUT2D eigenvalue weighted by molar-refractivity contribution is -0.153. The first-order valence-corrected chi connectivity index (χ1v) is 8.15. The molecular formula is C16H27NO3. The highest BCUT2D eigenvalue weighted by Gasteiger charge is 2.40. The van der Waals surface area contributed by atoms with Gasteiger partial charge in [-0.1, -0.05) is 44.9 Å². The summed E-state index contributed by atoms with van der Waals surface area (Å²) in [6.45, 7) is 0. The van der Waals surface area contributed by atoms with Crippen LogP contribution < -0.4 is 5.32 Å². The Labute approximate surface area is 121 Å². The molecule has 2 fully saturated rings. The predicted molar refractivity (Wildman–Crippen MR) is 77.4 cm³/mol. The summed E-state index contributed by atoms with van der Waals surface area (Å²) in [7, 11) is 0. The third kappa shape index (κ3) is 3.97. The van der Waals surface area contributed by atoms with Gasteiger partial charge in [0.1, 0.15) is 0 Å². The minimum Gasteiger partial charge on any atom is -0.481 e. The van der Waals surface area contributed by atoms with Crippen molar-refractivity contribution in [3.8, 4) is 0 Å². The van der Waals surface area contributed by atoms with Crippen LogP contribution in [0.4, 0.5) is 0 Å². The lowest BCUT2D eigenvalue weighted by Gasteiger charge is -2.29. The molecule has 0 saturated heterocycles. The number of amides is 1. The molecule has 0 radical (unpaired) electrons. The Morgan fingerprint density at radius 3 is 2.05 bits per heavy atom. The topological polar surface area (TPSA) is 66.4 Å². The Bertz CT molecular complexity index is 340. The predicted octanol–water partition coefficient (Wildman–Crippen LogP) is 3.25. The maximum Gasteiger partial charge on any atom is 0.310 e. The fourth-order valence-corrected chi connectivity index (χ4v) is 3.70. The summed E-state index contributed by atoms with van der Waals surface area (Å²) in [6, 6.07) is 0.271. The van der Waals surface area contributed by atoms with Crippen molar-refractivity contribution in [1.82, 2.24) is 5.32 Å². The van der Waals surface area contributed by atoms with E-state index in [0.717, 1.165) is 38.5 Å². The smallest absolute Gasteiger partial charge is 0.310 e. The molecule has 114 valence electrons. The summed E-state index contributed by atoms with van der Waals surface area (Å²) in [5.74, 6) is -0.834. The van der Waals surface area contributed by atoms with E-state index in [2.05, 4.69) is 5.32 Å². The third-order valence-corrected chi connectivity index (χ3v) is 4.98. The average Bonchev–Trinajstić information content (AvgIpc) is 2.66. The van der Waals surface area contributed by atoms with Gasteiger partial charge >= 0.3 is 5.97 Å². The van der Waals surface area contributed by atoms with E-state index in [1.54, 1.807) is 0 Å². The summed E-state index contributed by atoms with van der Waals surface area (Å²) >= 11 is 0. The Hall–Kier alpha value is -1.06. The van der Waals surface area contributed by atoms with Crippen molar-refractivity contribution in [2.75, 3.05) is 0 Å². The van der Waals surface area contributed by atoms with Crippen LogP contribution in [-0.4, -0.2) is 23.0 Å². The van der Waals surface area contributed by atoms with E-state index >= 15 is 0 Å². The lowest BCUT2D eigenvalue weighted by Crippen LogP contribution is -2.41. The molecule has 2 aliphatic rings. The summed E-state index contributed by atoms with van der Waals surface area (Å²) in [6.07, 6.45) is 11.2. The maximum atomic E-state index is 12.2. The monoisotopic (exact) mass is 281 g/mol. The average molecular weight is 281 g/mol. The molecule has 2 aliphatic carbocycles. The van der Waals surface area contributed by atoms with E-state index < -0.39 is 11.4 Å². The molecule has 0 bridgehead atoms. The summed E-state index contributed by atoms with van der Waals surface area (Å²) in [5.41, 5.74) is -0.810. The van der Waals surface area contributed by atoms with Crippen molar-refractivity contribution in [2.45, 2.75) is 83.1 Å². The molecule has 2 N–H and O–H groups in total. The Kier molecular flexibility index (Phi) is 5.44. The van der Waals surface area contributed by atoms with Crippen LogP contribution in [0.2, 0.25) is 0 Å². The van der Waals surface area contributed by atoms with E-state index in [1.807, 2.05) is 0 Å². The van der Waals surface area contributed by atoms with Gasteiger partial charge in [-0.2, -0.15) is 0 Å². The molecular weight excluding hydrogens is 254 g/mol. The molecule has 4 heteroatoms. The number of rotatable bonds is 4. The molecule has 1 amide bonds. The van der Waals surface area contributed by atoms with E-state index in [-0.39, 0.29) is 18.4 Å². The van der Waals surface area contributed by atoms with Gasteiger partial charge in [0.25, 0.3) is 0 Å². The third-order valence-electron chi connectivity index (χ3n) is 4.98. The molecule has 0 aliphatic heterocycles. The second-order valence-electron chi connectivity index (χ2n) is 6.58. The second kappa shape index (κ2) is 7.09. The van der Waals surface area contributed by atoms with Gasteiger partial charge in [0, 0.05) is 12.5 Å². The van der Waals surface area contributed by atoms with E-state index in [0.29, 0.717) is 12.8 Å². The molecule has 0 aromatic rings. The molecule has 2 rings (SSSR count). The molecule has 0 aromatic heterocycles. The number of carbonyl (C=O) groups excluding carboxylic acids is 1. The quantitative estimate of drug-likeness (QED) is 0.777. The standard InChI is InChI=1S/C16H27NO3/c18-14(17-13-8-4-3-5-9-13)12-16(15(19)20)10-6-1-2-7-11-16/h13H,1-12H2,(H,17,18)(H,19,20). The van der Waals surface area contributed by atoms with E-state index in [4.69, 9.17) is 0 Å². The first-order chi connectivity index (χ1) is 9.62. The molecule has 0 atom stereocenters. The van der Waals surface area contributed by atoms with Gasteiger partial charge in [-0.05, 0) is 25.7 Å². The van der Waals surface area contributed by atoms with Crippen molar-refractivity contribution in [2.24, 2.45) is 5.41 Å². The van der Waals surface area contributed by atoms with Crippen LogP contribution in [0.1, 0.15) is 77.0 Å². The van der Waals surface area contributed by atoms with Crippen LogP contribution >= 0.6 is 0 Å². The number of carboxylic acid groups (broad SMARTS) is 1. The number of hydrogen-bond donors (Lipinski definition) is 2. The minimum atomic E-state index is -0.810. The highest BCUT2D eigenvalue weighted by Crippen LogP contribution is 2.38. The van der Waals surface area contributed by atoms with Crippen LogP contribution in [0.15, 0.2) is 0 Å². The zero-order valence-corrected chi connectivity index (χ0v) is 12.3. The lowest BCUT2D eigenvalue weighted by atomic mass is 9.77. The van der Waals surface area contributed by atoms with Crippen LogP contribution in [0.5, 0.6) is 0 Å². The number of carboxylic acids is 1. The van der Waals surface area contributed by atoms with Crippen LogP contribution in [0, 0.1) is 5.41 Å². The number of carbonyl (C=O) groups is 2. The zero-order chi connectivity index (χ0) is 14.4. The summed E-state index contributed by atoms with van der Waals surface area (Å²) in [4.78, 5) is 23.9. The molecule has 0 heterocycles. The first kappa shape index (κ1) is 15.3. The normalized spacial score (nSPS) is 23.8. The first-order valence-electron chi connectivity index (χ1n) is 8.15. The molecule has 0 unspecified atom stereocenters. The van der Waals surface area contributed by atoms with Gasteiger partial charge < -0.3 is 10.4 Å². The molecule has 4 nitrogen and oxygen atoms in total. The van der Waals surface area contributed by atoms with E-state index in [9.17, 15) is 14.7 Å². The highest BCUT2D eigenvalue weighted by atomic mass is 16.4. The van der Waals surface area contributed by atoms with Crippen molar-refractivity contribution in [1.29, 1.82) is 0 Å². The molecule has 20 heavy (non-hydrogen) atoms. The van der Waals surface area contributed by atoms with Crippen molar-refractivity contribution < 1.29 is 14.7 Å². The Morgan fingerprint density at radius 2 is 1.50 bits per heavy atom. The Balaban J connectivity index is 1.92. The maximum absolute atomic E-state index is 12.2. The van der Waals surface area contributed by atoms with Gasteiger partial charge in [0.15, 0.2) is 0 Å². The zero-order valence-electron chi connectivity index (χ0n) is 12.3. The fourth-order valence-electron chi connectivity index (χ4n) is 3.70. The minimum absolute atomic E-state index is 0.0544. The van der Waals surface area contributed by atoms with Gasteiger partial charge in [-0.15, -0.1) is 0 Å². The van der Waals surface area contributed by atoms with E-state index in [1.165, 1.54) is 19.3 Å². The van der Waals surface area contributed by atoms with Crippen molar-refractivity contribution in [3.05, 3.63) is 0 Å². The van der Waals surface area contributed by atoms with Crippen LogP contribution in [0.3, 0.4) is 0 Å². The number of nitrogens with one attached hydrogen (secondary N) is 1. The summed E-state index contributed by atoms with van der Waals surface area (Å²) in [5, 5.41) is 12.7. The molecule has 0 spiro atoms. The summed E-state index contributed by atoms with van der Waals surface area (Å²) < 4.78 is 0. The van der Waals surface area contributed by atoms with Crippen LogP contribution in [0.25, 0.3) is 0 Å². The highest BCUT2D eigenvalue weighted by molar-refractivity contribution is 5.85. The van der Waals surface area contributed by atoms with Gasteiger partial charge in [-0.25, -0.2) is 0 Å². The molecule has 0 aromatic carbocycles. The molecule has 2 saturated carbocycles. The van der Waals surface area contributed by atoms with Crippen LogP contribution in [-0.2, 0) is 9.59 Å². The van der Waals surface area contributed by atoms with Crippen molar-refractivity contribution >= 4 is 11.9 Å². The van der Waals surface area contributed by atoms with Crippen molar-refractivity contribution in [3.63, 3.8) is 0 Å². The Morgan fingerprint density at radius 1 is 0.950 bits per heavy atom. The number of aliphatic carboxylic acids is 1. The second-order valence-corrected chi connectivity index (χ2v) is 6.58. The number of hydrogen-bond acceptors (Lipinski definition) is 2. The largest absolute Gasteiger partial charge is 0.481 e. The van der Waals surface area contributed by atoms with Gasteiger partial charge in [-0.3, -0.25) is 9.59 Å². The van der Waals surface area contributed by atoms with Gasteiger partial charge in [0.2, 0.25) is 5.91 Å². The van der Waals surface area contributed by atoms with Gasteiger partial charge in [0.05, 0.1) is 5.41 Å². The fraction of sp³-hybridized carbons (Fsp3) is 0.875. The SMILES string of the molecule is O=C(CC1(C(=O)O)CCCCCC1)NC1CCCCC1.